The molecule has 2 aliphatic rings. The van der Waals surface area contributed by atoms with Crippen LogP contribution >= 0.6 is 0 Å². The van der Waals surface area contributed by atoms with E-state index in [2.05, 4.69) is 53.9 Å². The summed E-state index contributed by atoms with van der Waals surface area (Å²) in [6.45, 7) is 10.1. The maximum Gasteiger partial charge on any atom is 0.0625 e. The first kappa shape index (κ1) is 14.1. The van der Waals surface area contributed by atoms with E-state index < -0.39 is 0 Å². The standard InChI is InChI=1S/C16H28N4/c1-5-13-8-14(19(4)18-13)10-20-11-16(2,3)17-9-15(20)12-6-7-12/h8,12,15,17H,5-7,9-11H2,1-4H3. The van der Waals surface area contributed by atoms with Gasteiger partial charge in [-0.1, -0.05) is 6.92 Å². The van der Waals surface area contributed by atoms with Gasteiger partial charge in [-0.2, -0.15) is 5.10 Å². The zero-order valence-corrected chi connectivity index (χ0v) is 13.3. The third-order valence-corrected chi connectivity index (χ3v) is 4.78. The van der Waals surface area contributed by atoms with Gasteiger partial charge in [-0.15, -0.1) is 0 Å². The van der Waals surface area contributed by atoms with Crippen molar-refractivity contribution in [3.8, 4) is 0 Å². The summed E-state index contributed by atoms with van der Waals surface area (Å²) in [7, 11) is 2.08. The molecule has 4 nitrogen and oxygen atoms in total. The normalized spacial score (nSPS) is 26.9. The van der Waals surface area contributed by atoms with Crippen molar-refractivity contribution in [3.63, 3.8) is 0 Å². The van der Waals surface area contributed by atoms with Crippen LogP contribution in [0.5, 0.6) is 0 Å². The SMILES string of the molecule is CCc1cc(CN2CC(C)(C)NCC2C2CC2)n(C)n1. The molecule has 20 heavy (non-hydrogen) atoms. The lowest BCUT2D eigenvalue weighted by molar-refractivity contribution is 0.0737. The number of piperazine rings is 1. The highest BCUT2D eigenvalue weighted by atomic mass is 15.3. The minimum Gasteiger partial charge on any atom is -0.309 e. The zero-order valence-electron chi connectivity index (χ0n) is 13.3. The Labute approximate surface area is 122 Å². The summed E-state index contributed by atoms with van der Waals surface area (Å²) in [4.78, 5) is 2.69. The van der Waals surface area contributed by atoms with Crippen molar-refractivity contribution in [3.05, 3.63) is 17.5 Å². The Kier molecular flexibility index (Phi) is 3.63. The molecule has 1 N–H and O–H groups in total. The van der Waals surface area contributed by atoms with Crippen LogP contribution < -0.4 is 5.32 Å². The molecule has 1 saturated heterocycles. The molecule has 0 radical (unpaired) electrons. The van der Waals surface area contributed by atoms with Crippen LogP contribution in [0.15, 0.2) is 6.07 Å². The monoisotopic (exact) mass is 276 g/mol. The van der Waals surface area contributed by atoms with Gasteiger partial charge >= 0.3 is 0 Å². The third-order valence-electron chi connectivity index (χ3n) is 4.78. The molecule has 1 saturated carbocycles. The van der Waals surface area contributed by atoms with Gasteiger partial charge in [0, 0.05) is 38.3 Å². The van der Waals surface area contributed by atoms with Crippen molar-refractivity contribution in [1.82, 2.24) is 20.0 Å². The minimum absolute atomic E-state index is 0.220. The highest BCUT2D eigenvalue weighted by Crippen LogP contribution is 2.37. The molecular weight excluding hydrogens is 248 g/mol. The first-order valence-electron chi connectivity index (χ1n) is 7.99. The highest BCUT2D eigenvalue weighted by Gasteiger charge is 2.41. The molecule has 1 atom stereocenters. The molecule has 1 aliphatic carbocycles. The summed E-state index contributed by atoms with van der Waals surface area (Å²) in [5, 5.41) is 8.30. The van der Waals surface area contributed by atoms with Gasteiger partial charge in [-0.05, 0) is 45.1 Å². The Bertz CT molecular complexity index is 473. The number of rotatable bonds is 4. The maximum atomic E-state index is 4.59. The number of aromatic nitrogens is 2. The summed E-state index contributed by atoms with van der Waals surface area (Å²) in [5.74, 6) is 0.914. The van der Waals surface area contributed by atoms with Crippen molar-refractivity contribution < 1.29 is 0 Å². The van der Waals surface area contributed by atoms with E-state index in [1.807, 2.05) is 0 Å². The molecule has 0 bridgehead atoms. The number of aryl methyl sites for hydroxylation is 2. The topological polar surface area (TPSA) is 33.1 Å². The van der Waals surface area contributed by atoms with Gasteiger partial charge in [0.1, 0.15) is 0 Å². The van der Waals surface area contributed by atoms with Crippen LogP contribution in [0.1, 0.15) is 45.0 Å². The number of hydrogen-bond acceptors (Lipinski definition) is 3. The van der Waals surface area contributed by atoms with Crippen molar-refractivity contribution >= 4 is 0 Å². The second kappa shape index (κ2) is 5.15. The summed E-state index contributed by atoms with van der Waals surface area (Å²) in [6.07, 6.45) is 3.84. The van der Waals surface area contributed by atoms with Gasteiger partial charge in [-0.3, -0.25) is 9.58 Å². The quantitative estimate of drug-likeness (QED) is 0.912. The van der Waals surface area contributed by atoms with E-state index in [0.29, 0.717) is 6.04 Å². The van der Waals surface area contributed by atoms with Crippen LogP contribution in [0.3, 0.4) is 0 Å². The Morgan fingerprint density at radius 1 is 1.40 bits per heavy atom. The molecule has 1 aromatic heterocycles. The molecule has 1 aliphatic heterocycles. The highest BCUT2D eigenvalue weighted by molar-refractivity contribution is 5.11. The molecule has 4 heteroatoms. The van der Waals surface area contributed by atoms with Gasteiger partial charge in [-0.25, -0.2) is 0 Å². The lowest BCUT2D eigenvalue weighted by Crippen LogP contribution is -2.61. The van der Waals surface area contributed by atoms with E-state index in [9.17, 15) is 0 Å². The van der Waals surface area contributed by atoms with Crippen LogP contribution in [-0.4, -0.2) is 39.4 Å². The molecule has 2 heterocycles. The molecule has 0 spiro atoms. The molecule has 2 fully saturated rings. The second-order valence-electron chi connectivity index (χ2n) is 7.18. The van der Waals surface area contributed by atoms with E-state index in [-0.39, 0.29) is 5.54 Å². The molecule has 1 aromatic rings. The van der Waals surface area contributed by atoms with Crippen molar-refractivity contribution in [2.75, 3.05) is 13.1 Å². The van der Waals surface area contributed by atoms with Gasteiger partial charge in [0.15, 0.2) is 0 Å². The average Bonchev–Trinajstić information content (AvgIpc) is 3.14. The molecular formula is C16H28N4. The van der Waals surface area contributed by atoms with Gasteiger partial charge in [0.2, 0.25) is 0 Å². The first-order valence-corrected chi connectivity index (χ1v) is 7.99. The summed E-state index contributed by atoms with van der Waals surface area (Å²) in [6, 6.07) is 2.99. The lowest BCUT2D eigenvalue weighted by atomic mass is 9.96. The predicted octanol–water partition coefficient (Wildman–Crippen LogP) is 1.94. The Morgan fingerprint density at radius 3 is 2.75 bits per heavy atom. The Balaban J connectivity index is 1.76. The largest absolute Gasteiger partial charge is 0.309 e. The number of hydrogen-bond donors (Lipinski definition) is 1. The number of nitrogens with zero attached hydrogens (tertiary/aromatic N) is 3. The fourth-order valence-corrected chi connectivity index (χ4v) is 3.41. The molecule has 0 amide bonds. The molecule has 112 valence electrons. The van der Waals surface area contributed by atoms with Crippen LogP contribution in [0.25, 0.3) is 0 Å². The maximum absolute atomic E-state index is 4.59. The summed E-state index contributed by atoms with van der Waals surface area (Å²) in [5.41, 5.74) is 2.78. The lowest BCUT2D eigenvalue weighted by Gasteiger charge is -2.45. The predicted molar refractivity (Wildman–Crippen MR) is 81.6 cm³/mol. The number of nitrogens with one attached hydrogen (secondary N) is 1. The fourth-order valence-electron chi connectivity index (χ4n) is 3.41. The Hall–Kier alpha value is -0.870. The van der Waals surface area contributed by atoms with Crippen molar-refractivity contribution in [1.29, 1.82) is 0 Å². The van der Waals surface area contributed by atoms with E-state index in [1.54, 1.807) is 0 Å². The van der Waals surface area contributed by atoms with Crippen LogP contribution in [0.2, 0.25) is 0 Å². The summed E-state index contributed by atoms with van der Waals surface area (Å²) >= 11 is 0. The van der Waals surface area contributed by atoms with Crippen molar-refractivity contribution in [2.24, 2.45) is 13.0 Å². The minimum atomic E-state index is 0.220. The smallest absolute Gasteiger partial charge is 0.0625 e. The zero-order chi connectivity index (χ0) is 14.3. The third kappa shape index (κ3) is 2.91. The van der Waals surface area contributed by atoms with Crippen LogP contribution in [0, 0.1) is 5.92 Å². The Morgan fingerprint density at radius 2 is 2.15 bits per heavy atom. The molecule has 1 unspecified atom stereocenters. The van der Waals surface area contributed by atoms with E-state index in [0.717, 1.165) is 32.0 Å². The van der Waals surface area contributed by atoms with Crippen molar-refractivity contribution in [2.45, 2.75) is 58.2 Å². The fraction of sp³-hybridized carbons (Fsp3) is 0.812. The van der Waals surface area contributed by atoms with Crippen LogP contribution in [-0.2, 0) is 20.0 Å². The molecule has 3 rings (SSSR count). The first-order chi connectivity index (χ1) is 9.48. The summed E-state index contributed by atoms with van der Waals surface area (Å²) < 4.78 is 2.07. The molecule has 0 aromatic carbocycles. The van der Waals surface area contributed by atoms with E-state index in [1.165, 1.54) is 24.2 Å². The van der Waals surface area contributed by atoms with Gasteiger partial charge in [0.05, 0.1) is 11.4 Å². The van der Waals surface area contributed by atoms with E-state index in [4.69, 9.17) is 0 Å². The second-order valence-corrected chi connectivity index (χ2v) is 7.18. The van der Waals surface area contributed by atoms with Gasteiger partial charge < -0.3 is 5.32 Å². The van der Waals surface area contributed by atoms with Crippen LogP contribution in [0.4, 0.5) is 0 Å². The van der Waals surface area contributed by atoms with E-state index >= 15 is 0 Å². The van der Waals surface area contributed by atoms with Gasteiger partial charge in [0.25, 0.3) is 0 Å². The average molecular weight is 276 g/mol.